The molecule has 0 atom stereocenters. The predicted octanol–water partition coefficient (Wildman–Crippen LogP) is 4.25. The Kier molecular flexibility index (Phi) is 4.75. The lowest BCUT2D eigenvalue weighted by molar-refractivity contribution is 0.122. The van der Waals surface area contributed by atoms with Gasteiger partial charge in [-0.3, -0.25) is 5.10 Å². The zero-order chi connectivity index (χ0) is 19.6. The van der Waals surface area contributed by atoms with Gasteiger partial charge in [0, 0.05) is 35.1 Å². The van der Waals surface area contributed by atoms with E-state index < -0.39 is 0 Å². The van der Waals surface area contributed by atoms with E-state index in [9.17, 15) is 0 Å². The summed E-state index contributed by atoms with van der Waals surface area (Å²) in [5, 5.41) is 11.1. The highest BCUT2D eigenvalue weighted by Crippen LogP contribution is 2.28. The van der Waals surface area contributed by atoms with E-state index in [0.29, 0.717) is 16.7 Å². The molecule has 0 saturated carbocycles. The molecule has 1 fully saturated rings. The first-order chi connectivity index (χ1) is 14.3. The number of aromatic amines is 1. The molecule has 8 heteroatoms. The van der Waals surface area contributed by atoms with Crippen molar-refractivity contribution >= 4 is 39.8 Å². The van der Waals surface area contributed by atoms with Crippen LogP contribution in [0, 0.1) is 0 Å². The number of aromatic nitrogens is 4. The molecule has 146 valence electrons. The van der Waals surface area contributed by atoms with Crippen molar-refractivity contribution in [2.75, 3.05) is 36.5 Å². The van der Waals surface area contributed by atoms with E-state index in [2.05, 4.69) is 37.5 Å². The quantitative estimate of drug-likeness (QED) is 0.527. The Morgan fingerprint density at radius 2 is 1.86 bits per heavy atom. The fourth-order valence-electron chi connectivity index (χ4n) is 3.40. The molecule has 0 amide bonds. The summed E-state index contributed by atoms with van der Waals surface area (Å²) >= 11 is 6.14. The van der Waals surface area contributed by atoms with E-state index >= 15 is 0 Å². The maximum absolute atomic E-state index is 6.14. The van der Waals surface area contributed by atoms with Gasteiger partial charge in [0.25, 0.3) is 0 Å². The average molecular weight is 407 g/mol. The van der Waals surface area contributed by atoms with Gasteiger partial charge < -0.3 is 15.0 Å². The van der Waals surface area contributed by atoms with Crippen LogP contribution in [0.15, 0.2) is 54.7 Å². The largest absolute Gasteiger partial charge is 0.378 e. The zero-order valence-electron chi connectivity index (χ0n) is 15.6. The smallest absolute Gasteiger partial charge is 0.162 e. The number of H-pyrrole nitrogens is 1. The number of rotatable bonds is 4. The topological polar surface area (TPSA) is 79.0 Å². The molecule has 0 spiro atoms. The Morgan fingerprint density at radius 1 is 1.03 bits per heavy atom. The molecular weight excluding hydrogens is 388 g/mol. The van der Waals surface area contributed by atoms with Crippen LogP contribution >= 0.6 is 11.6 Å². The normalized spacial score (nSPS) is 14.3. The highest BCUT2D eigenvalue weighted by Gasteiger charge is 2.13. The SMILES string of the molecule is Clc1cccc(-c2nc(Nc3ccc(N4CCOCC4)cc3)c3[nH]ncc3n2)c1. The second-order valence-electron chi connectivity index (χ2n) is 6.81. The predicted molar refractivity (Wildman–Crippen MR) is 115 cm³/mol. The minimum Gasteiger partial charge on any atom is -0.378 e. The van der Waals surface area contributed by atoms with E-state index in [1.807, 2.05) is 36.4 Å². The van der Waals surface area contributed by atoms with E-state index in [-0.39, 0.29) is 0 Å². The van der Waals surface area contributed by atoms with E-state index in [0.717, 1.165) is 48.6 Å². The van der Waals surface area contributed by atoms with Crippen molar-refractivity contribution in [3.8, 4) is 11.4 Å². The first-order valence-electron chi connectivity index (χ1n) is 9.43. The van der Waals surface area contributed by atoms with E-state index in [4.69, 9.17) is 21.3 Å². The number of nitrogens with zero attached hydrogens (tertiary/aromatic N) is 4. The Morgan fingerprint density at radius 3 is 2.66 bits per heavy atom. The molecule has 0 aliphatic carbocycles. The summed E-state index contributed by atoms with van der Waals surface area (Å²) in [4.78, 5) is 11.6. The van der Waals surface area contributed by atoms with Crippen molar-refractivity contribution in [2.45, 2.75) is 0 Å². The first-order valence-corrected chi connectivity index (χ1v) is 9.81. The maximum Gasteiger partial charge on any atom is 0.162 e. The second kappa shape index (κ2) is 7.69. The van der Waals surface area contributed by atoms with Gasteiger partial charge in [0.05, 0.1) is 19.4 Å². The van der Waals surface area contributed by atoms with Crippen molar-refractivity contribution in [1.29, 1.82) is 0 Å². The molecule has 29 heavy (non-hydrogen) atoms. The summed E-state index contributed by atoms with van der Waals surface area (Å²) in [5.74, 6) is 1.26. The van der Waals surface area contributed by atoms with Gasteiger partial charge in [-0.2, -0.15) is 5.10 Å². The van der Waals surface area contributed by atoms with Crippen LogP contribution in [-0.2, 0) is 4.74 Å². The maximum atomic E-state index is 6.14. The van der Waals surface area contributed by atoms with Gasteiger partial charge in [0.1, 0.15) is 11.0 Å². The minimum atomic E-state index is 0.592. The highest BCUT2D eigenvalue weighted by molar-refractivity contribution is 6.30. The Balaban J connectivity index is 1.46. The van der Waals surface area contributed by atoms with Gasteiger partial charge in [0.15, 0.2) is 11.6 Å². The number of benzene rings is 2. The van der Waals surface area contributed by atoms with Gasteiger partial charge in [-0.15, -0.1) is 0 Å². The van der Waals surface area contributed by atoms with E-state index in [1.165, 1.54) is 5.69 Å². The average Bonchev–Trinajstić information content (AvgIpc) is 3.24. The summed E-state index contributed by atoms with van der Waals surface area (Å²) in [6, 6.07) is 15.8. The minimum absolute atomic E-state index is 0.592. The molecule has 1 saturated heterocycles. The molecule has 0 unspecified atom stereocenters. The molecule has 3 heterocycles. The first kappa shape index (κ1) is 17.9. The van der Waals surface area contributed by atoms with Crippen molar-refractivity contribution in [3.05, 3.63) is 59.8 Å². The van der Waals surface area contributed by atoms with Crippen LogP contribution in [0.2, 0.25) is 5.02 Å². The number of fused-ring (bicyclic) bond motifs is 1. The molecule has 7 nitrogen and oxygen atoms in total. The summed E-state index contributed by atoms with van der Waals surface area (Å²) in [7, 11) is 0. The van der Waals surface area contributed by atoms with Crippen LogP contribution in [-0.4, -0.2) is 46.5 Å². The fraction of sp³-hybridized carbons (Fsp3) is 0.190. The third-order valence-electron chi connectivity index (χ3n) is 4.89. The van der Waals surface area contributed by atoms with Gasteiger partial charge in [-0.25, -0.2) is 9.97 Å². The van der Waals surface area contributed by atoms with Crippen LogP contribution in [0.25, 0.3) is 22.4 Å². The second-order valence-corrected chi connectivity index (χ2v) is 7.24. The molecular formula is C21H19ClN6O. The lowest BCUT2D eigenvalue weighted by atomic mass is 10.2. The lowest BCUT2D eigenvalue weighted by Gasteiger charge is -2.28. The van der Waals surface area contributed by atoms with Gasteiger partial charge in [-0.05, 0) is 36.4 Å². The number of hydrogen-bond donors (Lipinski definition) is 2. The summed E-state index contributed by atoms with van der Waals surface area (Å²) in [6.07, 6.45) is 1.69. The molecule has 1 aliphatic heterocycles. The summed E-state index contributed by atoms with van der Waals surface area (Å²) in [6.45, 7) is 3.36. The Labute approximate surface area is 172 Å². The number of nitrogens with one attached hydrogen (secondary N) is 2. The molecule has 2 aromatic carbocycles. The van der Waals surface area contributed by atoms with Gasteiger partial charge >= 0.3 is 0 Å². The van der Waals surface area contributed by atoms with E-state index in [1.54, 1.807) is 6.20 Å². The molecule has 4 aromatic rings. The fourth-order valence-corrected chi connectivity index (χ4v) is 3.59. The third-order valence-corrected chi connectivity index (χ3v) is 5.12. The molecule has 1 aliphatic rings. The van der Waals surface area contributed by atoms with Gasteiger partial charge in [-0.1, -0.05) is 23.7 Å². The number of hydrogen-bond acceptors (Lipinski definition) is 6. The number of anilines is 3. The van der Waals surface area contributed by atoms with Crippen LogP contribution in [0.3, 0.4) is 0 Å². The van der Waals surface area contributed by atoms with Gasteiger partial charge in [0.2, 0.25) is 0 Å². The van der Waals surface area contributed by atoms with Crippen LogP contribution in [0.5, 0.6) is 0 Å². The molecule has 0 bridgehead atoms. The van der Waals surface area contributed by atoms with Crippen molar-refractivity contribution in [1.82, 2.24) is 20.2 Å². The standard InChI is InChI=1S/C21H19ClN6O/c22-15-3-1-2-14(12-15)20-25-18-13-23-27-19(18)21(26-20)24-16-4-6-17(7-5-16)28-8-10-29-11-9-28/h1-7,12-13H,8-11H2,(H,23,27)(H,24,25,26). The zero-order valence-corrected chi connectivity index (χ0v) is 16.4. The summed E-state index contributed by atoms with van der Waals surface area (Å²) in [5.41, 5.74) is 4.48. The van der Waals surface area contributed by atoms with Crippen LogP contribution in [0.4, 0.5) is 17.2 Å². The molecule has 2 aromatic heterocycles. The third kappa shape index (κ3) is 3.74. The monoisotopic (exact) mass is 406 g/mol. The Hall–Kier alpha value is -3.16. The van der Waals surface area contributed by atoms with Crippen LogP contribution in [0.1, 0.15) is 0 Å². The van der Waals surface area contributed by atoms with Crippen LogP contribution < -0.4 is 10.2 Å². The number of halogens is 1. The van der Waals surface area contributed by atoms with Crippen molar-refractivity contribution in [3.63, 3.8) is 0 Å². The number of ether oxygens (including phenoxy) is 1. The highest BCUT2D eigenvalue weighted by atomic mass is 35.5. The summed E-state index contributed by atoms with van der Waals surface area (Å²) < 4.78 is 5.43. The number of morpholine rings is 1. The van der Waals surface area contributed by atoms with Crippen molar-refractivity contribution < 1.29 is 4.74 Å². The molecule has 0 radical (unpaired) electrons. The Bertz CT molecular complexity index is 1140. The van der Waals surface area contributed by atoms with Crippen molar-refractivity contribution in [2.24, 2.45) is 0 Å². The molecule has 5 rings (SSSR count). The molecule has 2 N–H and O–H groups in total. The lowest BCUT2D eigenvalue weighted by Crippen LogP contribution is -2.36.